The molecule has 2 atom stereocenters. The van der Waals surface area contributed by atoms with Crippen LogP contribution >= 0.6 is 0 Å². The zero-order chi connectivity index (χ0) is 38.3. The van der Waals surface area contributed by atoms with Crippen molar-refractivity contribution in [3.05, 3.63) is 24.3 Å². The zero-order valence-electron chi connectivity index (χ0n) is 33.3. The van der Waals surface area contributed by atoms with Gasteiger partial charge in [0, 0.05) is 12.8 Å². The molecule has 0 radical (unpaired) electrons. The summed E-state index contributed by atoms with van der Waals surface area (Å²) in [4.78, 5) is 47.4. The Morgan fingerprint density at radius 3 is 1.62 bits per heavy atom. The molecule has 0 saturated carbocycles. The van der Waals surface area contributed by atoms with E-state index < -0.39 is 24.5 Å². The third-order valence-electron chi connectivity index (χ3n) is 9.44. The second-order valence-corrected chi connectivity index (χ2v) is 14.4. The van der Waals surface area contributed by atoms with E-state index in [1.165, 1.54) is 116 Å². The lowest BCUT2D eigenvalue weighted by Crippen LogP contribution is -2.47. The van der Waals surface area contributed by atoms with Crippen LogP contribution in [0.3, 0.4) is 0 Å². The Balaban J connectivity index is 4.15. The monoisotopic (exact) mass is 735 g/mol. The van der Waals surface area contributed by atoms with E-state index in [9.17, 15) is 19.2 Å². The van der Waals surface area contributed by atoms with Gasteiger partial charge in [-0.2, -0.15) is 0 Å². The summed E-state index contributed by atoms with van der Waals surface area (Å²) in [7, 11) is 0. The van der Waals surface area contributed by atoms with Crippen molar-refractivity contribution in [2.75, 3.05) is 13.2 Å². The van der Waals surface area contributed by atoms with Crippen LogP contribution in [0.2, 0.25) is 0 Å². The van der Waals surface area contributed by atoms with Gasteiger partial charge in [0.25, 0.3) is 0 Å². The predicted molar refractivity (Wildman–Crippen MR) is 213 cm³/mol. The molecule has 0 fully saturated rings. The standard InChI is InChI=1S/C43H78N2O7/c1-3-5-7-9-11-12-13-14-15-16-17-18-19-20-21-23-25-31-35-42(49)52-38(32-28-24-22-10-8-6-4-2)33-29-26-27-30-34-40(47)44-36-41(48)45-39(37-46)43(50)51/h10,22,28,32,38-39,46H,3-9,11-21,23-27,29-31,33-37H2,1-2H3,(H,44,47)(H,45,48)(H,50,51)/b22-10-,32-28-. The van der Waals surface area contributed by atoms with Crippen LogP contribution in [-0.4, -0.2) is 59.3 Å². The highest BCUT2D eigenvalue weighted by Crippen LogP contribution is 2.16. The van der Waals surface area contributed by atoms with Crippen molar-refractivity contribution in [1.82, 2.24) is 10.6 Å². The Labute approximate surface area is 317 Å². The Morgan fingerprint density at radius 2 is 1.10 bits per heavy atom. The number of aliphatic hydroxyl groups is 1. The second kappa shape index (κ2) is 38.1. The maximum atomic E-state index is 12.7. The smallest absolute Gasteiger partial charge is 0.328 e. The molecule has 9 nitrogen and oxygen atoms in total. The van der Waals surface area contributed by atoms with Crippen LogP contribution in [0.5, 0.6) is 0 Å². The number of carbonyl (C=O) groups excluding carboxylic acids is 3. The first kappa shape index (κ1) is 49.3. The lowest BCUT2D eigenvalue weighted by atomic mass is 10.0. The van der Waals surface area contributed by atoms with E-state index in [0.717, 1.165) is 51.4 Å². The van der Waals surface area contributed by atoms with Crippen molar-refractivity contribution in [1.29, 1.82) is 0 Å². The molecule has 52 heavy (non-hydrogen) atoms. The van der Waals surface area contributed by atoms with E-state index in [-0.39, 0.29) is 30.9 Å². The number of hydrogen-bond donors (Lipinski definition) is 4. The number of nitrogens with one attached hydrogen (secondary N) is 2. The van der Waals surface area contributed by atoms with Crippen molar-refractivity contribution in [3.63, 3.8) is 0 Å². The van der Waals surface area contributed by atoms with Gasteiger partial charge in [-0.3, -0.25) is 14.4 Å². The number of carboxylic acids is 1. The van der Waals surface area contributed by atoms with Gasteiger partial charge in [-0.25, -0.2) is 4.79 Å². The summed E-state index contributed by atoms with van der Waals surface area (Å²) >= 11 is 0. The molecule has 0 aromatic heterocycles. The van der Waals surface area contributed by atoms with Crippen LogP contribution in [0.4, 0.5) is 0 Å². The number of amides is 2. The van der Waals surface area contributed by atoms with E-state index in [0.29, 0.717) is 12.8 Å². The minimum atomic E-state index is -1.39. The lowest BCUT2D eigenvalue weighted by Gasteiger charge is -2.15. The highest BCUT2D eigenvalue weighted by atomic mass is 16.5. The topological polar surface area (TPSA) is 142 Å². The summed E-state index contributed by atoms with van der Waals surface area (Å²) in [5, 5.41) is 22.5. The highest BCUT2D eigenvalue weighted by Gasteiger charge is 2.18. The van der Waals surface area contributed by atoms with Crippen LogP contribution in [0.15, 0.2) is 24.3 Å². The van der Waals surface area contributed by atoms with Gasteiger partial charge in [-0.15, -0.1) is 0 Å². The third-order valence-corrected chi connectivity index (χ3v) is 9.44. The molecule has 0 aliphatic heterocycles. The van der Waals surface area contributed by atoms with Gasteiger partial charge in [-0.1, -0.05) is 167 Å². The molecule has 0 bridgehead atoms. The number of esters is 1. The van der Waals surface area contributed by atoms with Gasteiger partial charge in [0.1, 0.15) is 12.1 Å². The second-order valence-electron chi connectivity index (χ2n) is 14.4. The highest BCUT2D eigenvalue weighted by molar-refractivity contribution is 5.87. The zero-order valence-corrected chi connectivity index (χ0v) is 33.3. The molecule has 0 rings (SSSR count). The van der Waals surface area contributed by atoms with Crippen LogP contribution in [0.1, 0.15) is 200 Å². The molecule has 4 N–H and O–H groups in total. The molecule has 302 valence electrons. The van der Waals surface area contributed by atoms with Crippen LogP contribution < -0.4 is 10.6 Å². The fraction of sp³-hybridized carbons (Fsp3) is 0.814. The lowest BCUT2D eigenvalue weighted by molar-refractivity contribution is -0.147. The maximum absolute atomic E-state index is 12.7. The molecular formula is C43H78N2O7. The number of ether oxygens (including phenoxy) is 1. The predicted octanol–water partition coefficient (Wildman–Crippen LogP) is 10.0. The molecule has 0 aliphatic rings. The van der Waals surface area contributed by atoms with Gasteiger partial charge < -0.3 is 25.6 Å². The number of hydrogen-bond acceptors (Lipinski definition) is 6. The maximum Gasteiger partial charge on any atom is 0.328 e. The minimum absolute atomic E-state index is 0.126. The first-order chi connectivity index (χ1) is 25.3. The number of carboxylic acid groups (broad SMARTS) is 1. The normalized spacial score (nSPS) is 12.7. The number of aliphatic carboxylic acids is 1. The molecule has 9 heteroatoms. The van der Waals surface area contributed by atoms with Gasteiger partial charge in [0.2, 0.25) is 11.8 Å². The first-order valence-electron chi connectivity index (χ1n) is 21.2. The minimum Gasteiger partial charge on any atom is -0.480 e. The van der Waals surface area contributed by atoms with Crippen LogP contribution in [0, 0.1) is 0 Å². The van der Waals surface area contributed by atoms with Crippen molar-refractivity contribution < 1.29 is 34.1 Å². The average molecular weight is 735 g/mol. The molecule has 2 unspecified atom stereocenters. The quantitative estimate of drug-likeness (QED) is 0.0281. The van der Waals surface area contributed by atoms with Crippen molar-refractivity contribution in [2.24, 2.45) is 0 Å². The van der Waals surface area contributed by atoms with Gasteiger partial charge >= 0.3 is 11.9 Å². The Hall–Kier alpha value is -2.68. The fourth-order valence-corrected chi connectivity index (χ4v) is 6.12. The van der Waals surface area contributed by atoms with Crippen LogP contribution in [0.25, 0.3) is 0 Å². The largest absolute Gasteiger partial charge is 0.480 e. The van der Waals surface area contributed by atoms with E-state index in [1.54, 1.807) is 0 Å². The number of carbonyl (C=O) groups is 4. The molecule has 0 aliphatic carbocycles. The number of allylic oxidation sites excluding steroid dienone is 3. The van der Waals surface area contributed by atoms with Crippen LogP contribution in [-0.2, 0) is 23.9 Å². The molecule has 0 spiro atoms. The molecule has 0 aromatic rings. The van der Waals surface area contributed by atoms with Crippen molar-refractivity contribution in [3.8, 4) is 0 Å². The SMILES string of the molecule is CCCC/C=C\C/C=C\C(CCCCCCC(=O)NCC(=O)NC(CO)C(=O)O)OC(=O)CCCCCCCCCCCCCCCCCCCC. The number of rotatable bonds is 38. The summed E-state index contributed by atoms with van der Waals surface area (Å²) in [5.74, 6) is -2.42. The number of unbranched alkanes of at least 4 members (excludes halogenated alkanes) is 22. The van der Waals surface area contributed by atoms with Crippen molar-refractivity contribution in [2.45, 2.75) is 212 Å². The Bertz CT molecular complexity index is 936. The third kappa shape index (κ3) is 34.4. The molecule has 2 amide bonds. The average Bonchev–Trinajstić information content (AvgIpc) is 3.13. The van der Waals surface area contributed by atoms with E-state index in [1.807, 2.05) is 6.08 Å². The summed E-state index contributed by atoms with van der Waals surface area (Å²) in [6.07, 6.45) is 40.9. The summed E-state index contributed by atoms with van der Waals surface area (Å²) < 4.78 is 5.87. The van der Waals surface area contributed by atoms with E-state index in [4.69, 9.17) is 14.9 Å². The van der Waals surface area contributed by atoms with Gasteiger partial charge in [0.05, 0.1) is 13.2 Å². The molecule has 0 aromatic carbocycles. The first-order valence-corrected chi connectivity index (χ1v) is 21.2. The van der Waals surface area contributed by atoms with E-state index >= 15 is 0 Å². The summed E-state index contributed by atoms with van der Waals surface area (Å²) in [6, 6.07) is -1.39. The summed E-state index contributed by atoms with van der Waals surface area (Å²) in [5.41, 5.74) is 0. The molecule has 0 heterocycles. The van der Waals surface area contributed by atoms with Gasteiger partial charge in [-0.05, 0) is 44.6 Å². The Morgan fingerprint density at radius 1 is 0.596 bits per heavy atom. The fourth-order valence-electron chi connectivity index (χ4n) is 6.12. The van der Waals surface area contributed by atoms with Gasteiger partial charge in [0.15, 0.2) is 0 Å². The molecule has 0 saturated heterocycles. The van der Waals surface area contributed by atoms with Crippen molar-refractivity contribution >= 4 is 23.8 Å². The Kier molecular flexibility index (Phi) is 36.1. The summed E-state index contributed by atoms with van der Waals surface area (Å²) in [6.45, 7) is 3.40. The number of aliphatic hydroxyl groups excluding tert-OH is 1. The molecular weight excluding hydrogens is 656 g/mol. The van der Waals surface area contributed by atoms with E-state index in [2.05, 4.69) is 42.7 Å².